The van der Waals surface area contributed by atoms with Crippen molar-refractivity contribution in [2.24, 2.45) is 5.92 Å². The van der Waals surface area contributed by atoms with E-state index in [0.717, 1.165) is 35.1 Å². The molecule has 0 aliphatic rings. The van der Waals surface area contributed by atoms with Gasteiger partial charge < -0.3 is 4.52 Å². The lowest BCUT2D eigenvalue weighted by atomic mass is 9.93. The Hall–Kier alpha value is -4.24. The number of aryl methyl sites for hydroxylation is 1. The fourth-order valence-corrected chi connectivity index (χ4v) is 5.69. The highest BCUT2D eigenvalue weighted by Crippen LogP contribution is 2.39. The first kappa shape index (κ1) is 29.7. The van der Waals surface area contributed by atoms with E-state index in [4.69, 9.17) is 4.52 Å². The number of nitrogens with one attached hydrogen (secondary N) is 1. The number of amides is 1. The molecule has 0 spiro atoms. The van der Waals surface area contributed by atoms with Crippen LogP contribution in [0, 0.1) is 18.7 Å². The summed E-state index contributed by atoms with van der Waals surface area (Å²) in [5.41, 5.74) is 5.56. The van der Waals surface area contributed by atoms with Crippen molar-refractivity contribution in [3.05, 3.63) is 96.0 Å². The van der Waals surface area contributed by atoms with Crippen molar-refractivity contribution >= 4 is 38.7 Å². The molecular formula is C32H34FN3O4S. The van der Waals surface area contributed by atoms with Crippen LogP contribution in [0.5, 0.6) is 0 Å². The van der Waals surface area contributed by atoms with E-state index in [2.05, 4.69) is 36.7 Å². The Bertz CT molecular complexity index is 1660. The molecule has 1 aromatic heterocycles. The summed E-state index contributed by atoms with van der Waals surface area (Å²) in [7, 11) is -3.93. The normalized spacial score (nSPS) is 12.0. The number of sulfonamides is 1. The lowest BCUT2D eigenvalue weighted by Crippen LogP contribution is -2.25. The number of aromatic nitrogens is 1. The minimum absolute atomic E-state index is 0.0307. The molecule has 0 aliphatic carbocycles. The molecule has 0 bridgehead atoms. The molecule has 9 heteroatoms. The lowest BCUT2D eigenvalue weighted by molar-refractivity contribution is -0.115. The fourth-order valence-electron chi connectivity index (χ4n) is 4.61. The Balaban J connectivity index is 1.83. The molecular weight excluding hydrogens is 541 g/mol. The maximum absolute atomic E-state index is 13.6. The van der Waals surface area contributed by atoms with Crippen molar-refractivity contribution < 1.29 is 22.1 Å². The van der Waals surface area contributed by atoms with Gasteiger partial charge in [-0.1, -0.05) is 50.2 Å². The first-order valence-electron chi connectivity index (χ1n) is 13.4. The molecule has 1 N–H and O–H groups in total. The van der Waals surface area contributed by atoms with E-state index in [9.17, 15) is 17.6 Å². The predicted octanol–water partition coefficient (Wildman–Crippen LogP) is 8.11. The van der Waals surface area contributed by atoms with E-state index in [1.807, 2.05) is 18.2 Å². The van der Waals surface area contributed by atoms with Gasteiger partial charge in [0.15, 0.2) is 5.82 Å². The zero-order chi connectivity index (χ0) is 29.7. The molecule has 4 rings (SSSR count). The van der Waals surface area contributed by atoms with Crippen LogP contribution in [0.15, 0.2) is 88.5 Å². The summed E-state index contributed by atoms with van der Waals surface area (Å²) in [5, 5.41) is 3.61. The zero-order valence-corrected chi connectivity index (χ0v) is 24.6. The average Bonchev–Trinajstić information content (AvgIpc) is 3.43. The minimum atomic E-state index is -3.93. The number of hydrogen-bond acceptors (Lipinski definition) is 5. The van der Waals surface area contributed by atoms with Crippen molar-refractivity contribution in [1.82, 2.24) is 5.16 Å². The molecule has 0 unspecified atom stereocenters. The van der Waals surface area contributed by atoms with Crippen LogP contribution in [0.25, 0.3) is 16.7 Å². The van der Waals surface area contributed by atoms with Gasteiger partial charge in [-0.15, -0.1) is 0 Å². The van der Waals surface area contributed by atoms with Crippen molar-refractivity contribution in [2.75, 3.05) is 9.62 Å². The van der Waals surface area contributed by atoms with Crippen LogP contribution in [-0.2, 0) is 14.8 Å². The van der Waals surface area contributed by atoms with Gasteiger partial charge in [0.1, 0.15) is 12.1 Å². The standard InChI is InChI=1S/C32H34FN3O4S/c1-6-24(8-7-21(2)3)29-20-26(25-9-12-27(33)13-10-25)11-15-31(29)36(23(5)37)30-16-14-28(19-22(30)4)41(38,39)35-32-17-18-40-34-32/h8-21H,6-7H2,1-5H3,(H,34,35). The van der Waals surface area contributed by atoms with Gasteiger partial charge in [0.25, 0.3) is 10.0 Å². The summed E-state index contributed by atoms with van der Waals surface area (Å²) in [6, 6.07) is 18.2. The van der Waals surface area contributed by atoms with Crippen LogP contribution in [0.3, 0.4) is 0 Å². The quantitative estimate of drug-likeness (QED) is 0.206. The van der Waals surface area contributed by atoms with Crippen molar-refractivity contribution in [3.63, 3.8) is 0 Å². The smallest absolute Gasteiger partial charge is 0.263 e. The summed E-state index contributed by atoms with van der Waals surface area (Å²) >= 11 is 0. The number of benzene rings is 3. The van der Waals surface area contributed by atoms with Crippen LogP contribution in [0.4, 0.5) is 21.6 Å². The number of hydrogen-bond donors (Lipinski definition) is 1. The maximum atomic E-state index is 13.6. The first-order chi connectivity index (χ1) is 19.5. The highest BCUT2D eigenvalue weighted by molar-refractivity contribution is 7.92. The second-order valence-electron chi connectivity index (χ2n) is 10.2. The second kappa shape index (κ2) is 12.5. The fraction of sp³-hybridized carbons (Fsp3) is 0.250. The monoisotopic (exact) mass is 575 g/mol. The van der Waals surface area contributed by atoms with E-state index in [1.54, 1.807) is 30.0 Å². The van der Waals surface area contributed by atoms with Gasteiger partial charge in [-0.3, -0.25) is 14.4 Å². The lowest BCUT2D eigenvalue weighted by Gasteiger charge is -2.27. The third-order valence-corrected chi connectivity index (χ3v) is 8.04. The third kappa shape index (κ3) is 6.92. The molecule has 4 aromatic rings. The van der Waals surface area contributed by atoms with E-state index in [0.29, 0.717) is 22.9 Å². The van der Waals surface area contributed by atoms with E-state index < -0.39 is 10.0 Å². The largest absolute Gasteiger partial charge is 0.363 e. The van der Waals surface area contributed by atoms with Crippen LogP contribution < -0.4 is 9.62 Å². The molecule has 1 heterocycles. The molecule has 0 fully saturated rings. The first-order valence-corrected chi connectivity index (χ1v) is 14.9. The number of carbonyl (C=O) groups is 1. The Morgan fingerprint density at radius 3 is 2.29 bits per heavy atom. The number of nitrogens with zero attached hydrogens (tertiary/aromatic N) is 2. The Labute approximate surface area is 240 Å². The van der Waals surface area contributed by atoms with E-state index >= 15 is 0 Å². The van der Waals surface area contributed by atoms with Gasteiger partial charge in [0, 0.05) is 18.6 Å². The molecule has 41 heavy (non-hydrogen) atoms. The number of allylic oxidation sites excluding steroid dienone is 2. The summed E-state index contributed by atoms with van der Waals surface area (Å²) in [5.74, 6) is -0.00819. The molecule has 214 valence electrons. The minimum Gasteiger partial charge on any atom is -0.363 e. The molecule has 0 atom stereocenters. The molecule has 0 aliphatic heterocycles. The highest BCUT2D eigenvalue weighted by Gasteiger charge is 2.24. The zero-order valence-electron chi connectivity index (χ0n) is 23.8. The Morgan fingerprint density at radius 1 is 1.02 bits per heavy atom. The van der Waals surface area contributed by atoms with Gasteiger partial charge in [0.05, 0.1) is 16.3 Å². The maximum Gasteiger partial charge on any atom is 0.263 e. The van der Waals surface area contributed by atoms with Gasteiger partial charge in [-0.2, -0.15) is 0 Å². The number of carbonyl (C=O) groups excluding carboxylic acids is 1. The molecule has 1 amide bonds. The Kier molecular flexibility index (Phi) is 9.08. The summed E-state index contributed by atoms with van der Waals surface area (Å²) in [4.78, 5) is 14.9. The molecule has 0 saturated heterocycles. The van der Waals surface area contributed by atoms with E-state index in [1.165, 1.54) is 43.5 Å². The van der Waals surface area contributed by atoms with Crippen molar-refractivity contribution in [3.8, 4) is 11.1 Å². The SMILES string of the molecule is CCC(=CCC(C)C)c1cc(-c2ccc(F)cc2)ccc1N(C(C)=O)c1ccc(S(=O)(=O)Nc2ccon2)cc1C. The molecule has 3 aromatic carbocycles. The molecule has 0 saturated carbocycles. The van der Waals surface area contributed by atoms with Gasteiger partial charge in [-0.05, 0) is 90.4 Å². The summed E-state index contributed by atoms with van der Waals surface area (Å²) < 4.78 is 46.6. The highest BCUT2D eigenvalue weighted by atomic mass is 32.2. The molecule has 7 nitrogen and oxygen atoms in total. The van der Waals surface area contributed by atoms with Crippen molar-refractivity contribution in [1.29, 1.82) is 0 Å². The van der Waals surface area contributed by atoms with Crippen LogP contribution >= 0.6 is 0 Å². The average molecular weight is 576 g/mol. The van der Waals surface area contributed by atoms with Gasteiger partial charge >= 0.3 is 0 Å². The summed E-state index contributed by atoms with van der Waals surface area (Å²) in [6.45, 7) is 9.63. The molecule has 0 radical (unpaired) electrons. The van der Waals surface area contributed by atoms with Gasteiger partial charge in [0.2, 0.25) is 5.91 Å². The summed E-state index contributed by atoms with van der Waals surface area (Å²) in [6.07, 6.45) is 5.08. The predicted molar refractivity (Wildman–Crippen MR) is 161 cm³/mol. The van der Waals surface area contributed by atoms with E-state index in [-0.39, 0.29) is 22.4 Å². The number of rotatable bonds is 10. The van der Waals surface area contributed by atoms with Crippen molar-refractivity contribution in [2.45, 2.75) is 52.4 Å². The number of halogens is 1. The topological polar surface area (TPSA) is 92.5 Å². The Morgan fingerprint density at radius 2 is 1.71 bits per heavy atom. The van der Waals surface area contributed by atoms with Crippen LogP contribution in [0.1, 0.15) is 51.7 Å². The van der Waals surface area contributed by atoms with Crippen LogP contribution in [0.2, 0.25) is 0 Å². The second-order valence-corrected chi connectivity index (χ2v) is 11.9. The van der Waals surface area contributed by atoms with Gasteiger partial charge in [-0.25, -0.2) is 12.8 Å². The third-order valence-electron chi connectivity index (χ3n) is 6.69. The number of anilines is 3. The van der Waals surface area contributed by atoms with Crippen LogP contribution in [-0.4, -0.2) is 19.5 Å².